The molecule has 0 N–H and O–H groups in total. The first kappa shape index (κ1) is 13.0. The van der Waals surface area contributed by atoms with Crippen molar-refractivity contribution >= 4 is 17.8 Å². The van der Waals surface area contributed by atoms with Gasteiger partial charge in [-0.25, -0.2) is 4.79 Å². The van der Waals surface area contributed by atoms with Crippen molar-refractivity contribution in [3.63, 3.8) is 0 Å². The number of amides is 2. The van der Waals surface area contributed by atoms with Crippen LogP contribution in [0.25, 0.3) is 0 Å². The maximum atomic E-state index is 12.0. The van der Waals surface area contributed by atoms with E-state index in [1.807, 2.05) is 0 Å². The molecule has 0 radical (unpaired) electrons. The van der Waals surface area contributed by atoms with E-state index >= 15 is 0 Å². The van der Waals surface area contributed by atoms with Gasteiger partial charge in [-0.3, -0.25) is 14.5 Å². The van der Waals surface area contributed by atoms with Crippen molar-refractivity contribution in [3.05, 3.63) is 47.5 Å². The Bertz CT molecular complexity index is 527. The lowest BCUT2D eigenvalue weighted by atomic mass is 10.1. The molecule has 0 aromatic heterocycles. The average Bonchev–Trinajstić information content (AvgIpc) is 2.65. The first-order valence-corrected chi connectivity index (χ1v) is 5.93. The fourth-order valence-electron chi connectivity index (χ4n) is 1.85. The molecule has 0 fully saturated rings. The summed E-state index contributed by atoms with van der Waals surface area (Å²) in [5.41, 5.74) is 0.800. The van der Waals surface area contributed by atoms with Crippen LogP contribution in [0.4, 0.5) is 0 Å². The number of ether oxygens (including phenoxy) is 1. The molecule has 0 atom stereocenters. The highest BCUT2D eigenvalue weighted by Gasteiger charge is 2.34. The van der Waals surface area contributed by atoms with E-state index in [9.17, 15) is 14.4 Å². The predicted octanol–water partition coefficient (Wildman–Crippen LogP) is 1.40. The van der Waals surface area contributed by atoms with Crippen molar-refractivity contribution in [3.8, 4) is 0 Å². The highest BCUT2D eigenvalue weighted by atomic mass is 16.5. The standard InChI is InChI=1S/C14H13NO4/c1-2-19-12(16)8-5-9-15-13(17)10-6-3-4-7-11(10)14(15)18/h3-8H,2,9H2,1H3. The Kier molecular flexibility index (Phi) is 3.75. The largest absolute Gasteiger partial charge is 0.463 e. The molecule has 1 aromatic rings. The number of esters is 1. The maximum Gasteiger partial charge on any atom is 0.330 e. The molecule has 1 heterocycles. The van der Waals surface area contributed by atoms with Crippen molar-refractivity contribution in [1.29, 1.82) is 0 Å². The van der Waals surface area contributed by atoms with Gasteiger partial charge in [0.15, 0.2) is 0 Å². The second kappa shape index (κ2) is 5.48. The summed E-state index contributed by atoms with van der Waals surface area (Å²) in [5, 5.41) is 0. The molecule has 2 rings (SSSR count). The second-order valence-corrected chi connectivity index (χ2v) is 3.92. The summed E-state index contributed by atoms with van der Waals surface area (Å²) in [4.78, 5) is 36.1. The molecule has 1 aliphatic heterocycles. The highest BCUT2D eigenvalue weighted by Crippen LogP contribution is 2.21. The molecule has 1 aliphatic rings. The van der Waals surface area contributed by atoms with Gasteiger partial charge in [-0.15, -0.1) is 0 Å². The lowest BCUT2D eigenvalue weighted by Crippen LogP contribution is -2.29. The number of hydrogen-bond acceptors (Lipinski definition) is 4. The maximum absolute atomic E-state index is 12.0. The topological polar surface area (TPSA) is 63.7 Å². The van der Waals surface area contributed by atoms with Crippen LogP contribution >= 0.6 is 0 Å². The zero-order chi connectivity index (χ0) is 13.8. The normalized spacial score (nSPS) is 14.1. The molecule has 0 aliphatic carbocycles. The van der Waals surface area contributed by atoms with Crippen LogP contribution in [0.1, 0.15) is 27.6 Å². The molecule has 0 bridgehead atoms. The number of fused-ring (bicyclic) bond motifs is 1. The van der Waals surface area contributed by atoms with Gasteiger partial charge in [0.1, 0.15) is 0 Å². The summed E-state index contributed by atoms with van der Waals surface area (Å²) in [7, 11) is 0. The summed E-state index contributed by atoms with van der Waals surface area (Å²) >= 11 is 0. The zero-order valence-electron chi connectivity index (χ0n) is 10.5. The Morgan fingerprint density at radius 2 is 1.79 bits per heavy atom. The lowest BCUT2D eigenvalue weighted by Gasteiger charge is -2.10. The summed E-state index contributed by atoms with van der Waals surface area (Å²) in [6.07, 6.45) is 2.66. The Morgan fingerprint density at radius 1 is 1.21 bits per heavy atom. The van der Waals surface area contributed by atoms with Crippen molar-refractivity contribution < 1.29 is 19.1 Å². The lowest BCUT2D eigenvalue weighted by molar-refractivity contribution is -0.137. The third-order valence-electron chi connectivity index (χ3n) is 2.71. The molecule has 98 valence electrons. The number of carbonyl (C=O) groups is 3. The van der Waals surface area contributed by atoms with E-state index in [0.29, 0.717) is 11.1 Å². The first-order valence-electron chi connectivity index (χ1n) is 5.93. The first-order chi connectivity index (χ1) is 9.15. The van der Waals surface area contributed by atoms with Crippen LogP contribution in [0.2, 0.25) is 0 Å². The Morgan fingerprint density at radius 3 is 2.32 bits per heavy atom. The summed E-state index contributed by atoms with van der Waals surface area (Å²) in [6, 6.07) is 6.65. The van der Waals surface area contributed by atoms with E-state index < -0.39 is 5.97 Å². The van der Waals surface area contributed by atoms with Crippen LogP contribution in [0, 0.1) is 0 Å². The van der Waals surface area contributed by atoms with Crippen LogP contribution < -0.4 is 0 Å². The van der Waals surface area contributed by atoms with E-state index in [-0.39, 0.29) is 25.0 Å². The number of benzene rings is 1. The summed E-state index contributed by atoms with van der Waals surface area (Å²) in [5.74, 6) is -1.16. The van der Waals surface area contributed by atoms with Crippen LogP contribution in [0.3, 0.4) is 0 Å². The summed E-state index contributed by atoms with van der Waals surface area (Å²) in [6.45, 7) is 2.05. The van der Waals surface area contributed by atoms with Crippen molar-refractivity contribution in [2.75, 3.05) is 13.2 Å². The average molecular weight is 259 g/mol. The Balaban J connectivity index is 2.07. The monoisotopic (exact) mass is 259 g/mol. The third kappa shape index (κ3) is 2.54. The molecule has 2 amide bonds. The molecule has 5 heteroatoms. The van der Waals surface area contributed by atoms with E-state index in [4.69, 9.17) is 4.74 Å². The SMILES string of the molecule is CCOC(=O)C=CCN1C(=O)c2ccccc2C1=O. The van der Waals surface area contributed by atoms with Crippen molar-refractivity contribution in [1.82, 2.24) is 4.90 Å². The summed E-state index contributed by atoms with van der Waals surface area (Å²) < 4.78 is 4.71. The quantitative estimate of drug-likeness (QED) is 0.466. The van der Waals surface area contributed by atoms with Crippen LogP contribution in [0.15, 0.2) is 36.4 Å². The van der Waals surface area contributed by atoms with Gasteiger partial charge in [-0.05, 0) is 19.1 Å². The van der Waals surface area contributed by atoms with Crippen molar-refractivity contribution in [2.45, 2.75) is 6.92 Å². The highest BCUT2D eigenvalue weighted by molar-refractivity contribution is 6.21. The Hall–Kier alpha value is -2.43. The predicted molar refractivity (Wildman–Crippen MR) is 67.6 cm³/mol. The fourth-order valence-corrected chi connectivity index (χ4v) is 1.85. The minimum absolute atomic E-state index is 0.0607. The van der Waals surface area contributed by atoms with E-state index in [1.165, 1.54) is 12.2 Å². The molecule has 1 aromatic carbocycles. The molecule has 0 unspecified atom stereocenters. The second-order valence-electron chi connectivity index (χ2n) is 3.92. The van der Waals surface area contributed by atoms with E-state index in [2.05, 4.69) is 0 Å². The number of imide groups is 1. The minimum atomic E-state index is -0.487. The smallest absolute Gasteiger partial charge is 0.330 e. The number of rotatable bonds is 4. The molecule has 5 nitrogen and oxygen atoms in total. The van der Waals surface area contributed by atoms with Gasteiger partial charge in [0.2, 0.25) is 0 Å². The molecule has 19 heavy (non-hydrogen) atoms. The van der Waals surface area contributed by atoms with Gasteiger partial charge >= 0.3 is 5.97 Å². The minimum Gasteiger partial charge on any atom is -0.463 e. The van der Waals surface area contributed by atoms with Gasteiger partial charge in [0.05, 0.1) is 17.7 Å². The van der Waals surface area contributed by atoms with Gasteiger partial charge in [-0.1, -0.05) is 18.2 Å². The molecular weight excluding hydrogens is 246 g/mol. The zero-order valence-corrected chi connectivity index (χ0v) is 10.5. The molecular formula is C14H13NO4. The van der Waals surface area contributed by atoms with Crippen molar-refractivity contribution in [2.24, 2.45) is 0 Å². The molecule has 0 saturated carbocycles. The van der Waals surface area contributed by atoms with E-state index in [1.54, 1.807) is 31.2 Å². The number of carbonyl (C=O) groups excluding carboxylic acids is 3. The van der Waals surface area contributed by atoms with Gasteiger partial charge in [-0.2, -0.15) is 0 Å². The number of nitrogens with zero attached hydrogens (tertiary/aromatic N) is 1. The Labute approximate surface area is 110 Å². The van der Waals surface area contributed by atoms with Crippen LogP contribution in [-0.4, -0.2) is 35.8 Å². The van der Waals surface area contributed by atoms with Crippen LogP contribution in [0.5, 0.6) is 0 Å². The van der Waals surface area contributed by atoms with Gasteiger partial charge < -0.3 is 4.74 Å². The molecule has 0 spiro atoms. The van der Waals surface area contributed by atoms with Gasteiger partial charge in [0, 0.05) is 12.6 Å². The van der Waals surface area contributed by atoms with Crippen LogP contribution in [-0.2, 0) is 9.53 Å². The fraction of sp³-hybridized carbons (Fsp3) is 0.214. The molecule has 0 saturated heterocycles. The van der Waals surface area contributed by atoms with Gasteiger partial charge in [0.25, 0.3) is 11.8 Å². The van der Waals surface area contributed by atoms with E-state index in [0.717, 1.165) is 4.90 Å². The number of hydrogen-bond donors (Lipinski definition) is 0. The third-order valence-corrected chi connectivity index (χ3v) is 2.71.